The molecule has 0 saturated carbocycles. The lowest BCUT2D eigenvalue weighted by molar-refractivity contribution is 0.582. The molecule has 1 heterocycles. The molecule has 2 aromatic rings. The van der Waals surface area contributed by atoms with Crippen molar-refractivity contribution in [3.63, 3.8) is 0 Å². The van der Waals surface area contributed by atoms with Crippen molar-refractivity contribution in [2.75, 3.05) is 0 Å². The normalized spacial score (nSPS) is 11.7. The first-order valence-corrected chi connectivity index (χ1v) is 8.46. The molecule has 1 aromatic carbocycles. The van der Waals surface area contributed by atoms with Crippen molar-refractivity contribution in [2.45, 2.75) is 20.0 Å². The van der Waals surface area contributed by atoms with E-state index in [1.165, 1.54) is 0 Å². The number of aromatic nitrogens is 2. The molecular weight excluding hydrogens is 254 g/mol. The fourth-order valence-electron chi connectivity index (χ4n) is 1.58. The maximum absolute atomic E-state index is 5.84. The van der Waals surface area contributed by atoms with Gasteiger partial charge in [0.2, 0.25) is 0 Å². The number of rotatable bonds is 4. The molecule has 97 valence electrons. The van der Waals surface area contributed by atoms with Crippen LogP contribution in [0.15, 0.2) is 47.8 Å². The summed E-state index contributed by atoms with van der Waals surface area (Å²) in [5, 5.41) is 0. The Morgan fingerprint density at radius 1 is 1.21 bits per heavy atom. The molecule has 19 heavy (non-hydrogen) atoms. The second kappa shape index (κ2) is 6.24. The van der Waals surface area contributed by atoms with Gasteiger partial charge in [-0.15, -0.1) is 0 Å². The van der Waals surface area contributed by atoms with E-state index in [1.807, 2.05) is 31.2 Å². The third-order valence-corrected chi connectivity index (χ3v) is 3.03. The molecule has 2 rings (SSSR count). The van der Waals surface area contributed by atoms with Crippen LogP contribution in [0.3, 0.4) is 0 Å². The Bertz CT molecular complexity index is 570. The minimum absolute atomic E-state index is 0.774. The smallest absolute Gasteiger partial charge is 0.274 e. The van der Waals surface area contributed by atoms with Crippen LogP contribution in [0.1, 0.15) is 12.6 Å². The lowest BCUT2D eigenvalue weighted by atomic mass is 10.2. The molecule has 0 spiro atoms. The molecule has 0 aliphatic carbocycles. The van der Waals surface area contributed by atoms with E-state index in [2.05, 4.69) is 28.1 Å². The zero-order chi connectivity index (χ0) is 13.7. The Balaban J connectivity index is 2.32. The molecule has 1 aromatic heterocycles. The highest BCUT2D eigenvalue weighted by Gasteiger charge is 2.06. The van der Waals surface area contributed by atoms with E-state index in [0.717, 1.165) is 22.8 Å². The maximum Gasteiger partial charge on any atom is 0.274 e. The summed E-state index contributed by atoms with van der Waals surface area (Å²) in [4.78, 5) is 12.9. The van der Waals surface area contributed by atoms with Gasteiger partial charge in [0.25, 0.3) is 9.04 Å². The van der Waals surface area contributed by atoms with Gasteiger partial charge in [0.1, 0.15) is 17.1 Å². The van der Waals surface area contributed by atoms with Crippen LogP contribution in [0.5, 0.6) is 5.75 Å². The maximum atomic E-state index is 5.84. The van der Waals surface area contributed by atoms with Crippen molar-refractivity contribution in [2.24, 2.45) is 4.99 Å². The number of nitrogens with zero attached hydrogens (tertiary/aromatic N) is 3. The Morgan fingerprint density at radius 3 is 2.68 bits per heavy atom. The van der Waals surface area contributed by atoms with Crippen molar-refractivity contribution in [1.82, 2.24) is 9.97 Å². The molecule has 0 bridgehead atoms. The van der Waals surface area contributed by atoms with Crippen LogP contribution in [0.25, 0.3) is 0 Å². The van der Waals surface area contributed by atoms with Gasteiger partial charge in [-0.2, -0.15) is 0 Å². The van der Waals surface area contributed by atoms with Gasteiger partial charge in [0.05, 0.1) is 11.9 Å². The van der Waals surface area contributed by atoms with Gasteiger partial charge in [-0.1, -0.05) is 12.1 Å². The number of para-hydroxylation sites is 2. The average molecular weight is 270 g/mol. The van der Waals surface area contributed by atoms with Crippen LogP contribution in [-0.2, 0) is 0 Å². The van der Waals surface area contributed by atoms with Crippen LogP contribution in [0, 0.1) is 0 Å². The standard InChI is InChI=1S/C14H16N3OSi/c1-11(13-10-15-8-9-16-13)17-12-6-4-5-7-14(12)18-19(2)3/h4-10H,1-3H3. The zero-order valence-corrected chi connectivity index (χ0v) is 12.3. The van der Waals surface area contributed by atoms with Crippen LogP contribution >= 0.6 is 0 Å². The zero-order valence-electron chi connectivity index (χ0n) is 11.3. The third-order valence-electron chi connectivity index (χ3n) is 2.40. The highest BCUT2D eigenvalue weighted by Crippen LogP contribution is 2.28. The summed E-state index contributed by atoms with van der Waals surface area (Å²) >= 11 is 0. The van der Waals surface area contributed by atoms with Gasteiger partial charge in [0.15, 0.2) is 0 Å². The molecule has 0 aliphatic heterocycles. The van der Waals surface area contributed by atoms with E-state index in [-0.39, 0.29) is 0 Å². The summed E-state index contributed by atoms with van der Waals surface area (Å²) in [6, 6.07) is 7.80. The SMILES string of the molecule is CC(=Nc1ccccc1O[Si](C)C)c1cnccn1. The minimum Gasteiger partial charge on any atom is -0.541 e. The first-order valence-electron chi connectivity index (χ1n) is 6.05. The number of hydrogen-bond donors (Lipinski definition) is 0. The van der Waals surface area contributed by atoms with Gasteiger partial charge >= 0.3 is 0 Å². The molecule has 0 saturated heterocycles. The average Bonchev–Trinajstić information content (AvgIpc) is 2.41. The van der Waals surface area contributed by atoms with Crippen molar-refractivity contribution >= 4 is 20.4 Å². The fourth-order valence-corrected chi connectivity index (χ4v) is 2.19. The van der Waals surface area contributed by atoms with E-state index in [4.69, 9.17) is 4.43 Å². The van der Waals surface area contributed by atoms with Gasteiger partial charge in [-0.25, -0.2) is 4.99 Å². The van der Waals surface area contributed by atoms with Crippen LogP contribution in [-0.4, -0.2) is 24.7 Å². The molecule has 4 nitrogen and oxygen atoms in total. The quantitative estimate of drug-likeness (QED) is 0.633. The van der Waals surface area contributed by atoms with Crippen molar-refractivity contribution in [3.8, 4) is 5.75 Å². The molecular formula is C14H16N3OSi. The van der Waals surface area contributed by atoms with Gasteiger partial charge < -0.3 is 4.43 Å². The highest BCUT2D eigenvalue weighted by molar-refractivity contribution is 6.49. The predicted molar refractivity (Wildman–Crippen MR) is 78.5 cm³/mol. The number of benzene rings is 1. The summed E-state index contributed by atoms with van der Waals surface area (Å²) in [6.07, 6.45) is 5.02. The van der Waals surface area contributed by atoms with Crippen LogP contribution in [0.4, 0.5) is 5.69 Å². The fraction of sp³-hybridized carbons (Fsp3) is 0.214. The van der Waals surface area contributed by atoms with E-state index < -0.39 is 9.04 Å². The van der Waals surface area contributed by atoms with Crippen molar-refractivity contribution in [1.29, 1.82) is 0 Å². The Hall–Kier alpha value is -2.01. The van der Waals surface area contributed by atoms with E-state index in [0.29, 0.717) is 0 Å². The first-order chi connectivity index (χ1) is 9.16. The van der Waals surface area contributed by atoms with Gasteiger partial charge in [-0.05, 0) is 32.2 Å². The van der Waals surface area contributed by atoms with Crippen molar-refractivity contribution in [3.05, 3.63) is 48.5 Å². The molecule has 1 radical (unpaired) electrons. The molecule has 0 fully saturated rings. The first kappa shape index (κ1) is 13.4. The van der Waals surface area contributed by atoms with E-state index in [1.54, 1.807) is 18.6 Å². The second-order valence-corrected chi connectivity index (χ2v) is 6.29. The number of aliphatic imine (C=N–C) groups is 1. The monoisotopic (exact) mass is 270 g/mol. The summed E-state index contributed by atoms with van der Waals surface area (Å²) in [6.45, 7) is 6.12. The van der Waals surface area contributed by atoms with E-state index >= 15 is 0 Å². The third kappa shape index (κ3) is 3.72. The van der Waals surface area contributed by atoms with Gasteiger partial charge in [-0.3, -0.25) is 9.97 Å². The molecule has 0 N–H and O–H groups in total. The minimum atomic E-state index is -0.805. The summed E-state index contributed by atoms with van der Waals surface area (Å²) in [5.74, 6) is 0.824. The lowest BCUT2D eigenvalue weighted by Gasteiger charge is -2.11. The molecule has 0 amide bonds. The molecule has 5 heteroatoms. The topological polar surface area (TPSA) is 47.4 Å². The molecule has 0 unspecified atom stereocenters. The van der Waals surface area contributed by atoms with Crippen molar-refractivity contribution < 1.29 is 4.43 Å². The second-order valence-electron chi connectivity index (χ2n) is 4.27. The number of hydrogen-bond acceptors (Lipinski definition) is 4. The van der Waals surface area contributed by atoms with Gasteiger partial charge in [0, 0.05) is 12.4 Å². The Labute approximate surface area is 114 Å². The van der Waals surface area contributed by atoms with E-state index in [9.17, 15) is 0 Å². The highest BCUT2D eigenvalue weighted by atomic mass is 28.3. The Morgan fingerprint density at radius 2 is 2.00 bits per heavy atom. The summed E-state index contributed by atoms with van der Waals surface area (Å²) < 4.78 is 5.84. The van der Waals surface area contributed by atoms with Crippen LogP contribution in [0.2, 0.25) is 13.1 Å². The summed E-state index contributed by atoms with van der Waals surface area (Å²) in [7, 11) is -0.805. The van der Waals surface area contributed by atoms with Crippen LogP contribution < -0.4 is 4.43 Å². The summed E-state index contributed by atoms with van der Waals surface area (Å²) in [5.41, 5.74) is 2.43. The Kier molecular flexibility index (Phi) is 4.41. The molecule has 0 aliphatic rings. The largest absolute Gasteiger partial charge is 0.541 e. The molecule has 0 atom stereocenters. The predicted octanol–water partition coefficient (Wildman–Crippen LogP) is 3.25. The lowest BCUT2D eigenvalue weighted by Crippen LogP contribution is -2.11.